The van der Waals surface area contributed by atoms with Crippen molar-refractivity contribution in [3.8, 4) is 0 Å². The Hall–Kier alpha value is -2.47. The molecule has 110 valence electrons. The Bertz CT molecular complexity index is 643. The number of carbonyl (C=O) groups excluding carboxylic acids is 1. The molecule has 2 aromatic rings. The zero-order chi connectivity index (χ0) is 15.4. The molecule has 0 saturated carbocycles. The Kier molecular flexibility index (Phi) is 4.49. The summed E-state index contributed by atoms with van der Waals surface area (Å²) in [5.74, 6) is -1.57. The van der Waals surface area contributed by atoms with Crippen molar-refractivity contribution in [1.82, 2.24) is 0 Å². The van der Waals surface area contributed by atoms with Crippen molar-refractivity contribution in [1.29, 1.82) is 0 Å². The Morgan fingerprint density at radius 2 is 1.76 bits per heavy atom. The first-order chi connectivity index (χ1) is 9.95. The third kappa shape index (κ3) is 4.00. The summed E-state index contributed by atoms with van der Waals surface area (Å²) in [6.07, 6.45) is -0.596. The Morgan fingerprint density at radius 3 is 2.33 bits per heavy atom. The van der Waals surface area contributed by atoms with Gasteiger partial charge in [-0.1, -0.05) is 12.1 Å². The minimum atomic E-state index is -0.852. The van der Waals surface area contributed by atoms with Crippen LogP contribution in [0, 0.1) is 11.6 Å². The number of hydrogen-bond donors (Lipinski definition) is 3. The van der Waals surface area contributed by atoms with Crippen molar-refractivity contribution >= 4 is 17.4 Å². The lowest BCUT2D eigenvalue weighted by molar-refractivity contribution is 0.199. The number of halogens is 2. The molecule has 2 rings (SSSR count). The van der Waals surface area contributed by atoms with E-state index in [0.717, 1.165) is 12.1 Å². The van der Waals surface area contributed by atoms with Crippen LogP contribution in [0.2, 0.25) is 0 Å². The summed E-state index contributed by atoms with van der Waals surface area (Å²) in [7, 11) is 0. The second-order valence-electron chi connectivity index (χ2n) is 4.50. The van der Waals surface area contributed by atoms with Gasteiger partial charge < -0.3 is 15.7 Å². The van der Waals surface area contributed by atoms with Crippen LogP contribution in [0.1, 0.15) is 18.6 Å². The average molecular weight is 292 g/mol. The van der Waals surface area contributed by atoms with Crippen LogP contribution in [0.15, 0.2) is 42.5 Å². The number of aliphatic hydroxyl groups is 1. The fourth-order valence-corrected chi connectivity index (χ4v) is 1.72. The van der Waals surface area contributed by atoms with Gasteiger partial charge in [-0.25, -0.2) is 13.6 Å². The molecule has 0 bridgehead atoms. The highest BCUT2D eigenvalue weighted by Gasteiger charge is 2.08. The highest BCUT2D eigenvalue weighted by Crippen LogP contribution is 2.17. The van der Waals surface area contributed by atoms with E-state index in [-0.39, 0.29) is 5.69 Å². The maximum Gasteiger partial charge on any atom is 0.323 e. The van der Waals surface area contributed by atoms with Crippen molar-refractivity contribution in [3.05, 3.63) is 59.7 Å². The monoisotopic (exact) mass is 292 g/mol. The molecular weight excluding hydrogens is 278 g/mol. The number of rotatable bonds is 3. The van der Waals surface area contributed by atoms with E-state index in [0.29, 0.717) is 17.3 Å². The number of anilines is 2. The fraction of sp³-hybridized carbons (Fsp3) is 0.133. The summed E-state index contributed by atoms with van der Waals surface area (Å²) in [4.78, 5) is 11.7. The van der Waals surface area contributed by atoms with Gasteiger partial charge in [-0.2, -0.15) is 0 Å². The number of amides is 2. The van der Waals surface area contributed by atoms with E-state index in [2.05, 4.69) is 10.6 Å². The normalized spacial score (nSPS) is 11.8. The molecule has 0 aliphatic carbocycles. The van der Waals surface area contributed by atoms with Gasteiger partial charge in [-0.15, -0.1) is 0 Å². The maximum absolute atomic E-state index is 13.4. The van der Waals surface area contributed by atoms with Crippen LogP contribution < -0.4 is 10.6 Å². The van der Waals surface area contributed by atoms with Crippen LogP contribution in [-0.4, -0.2) is 11.1 Å². The first kappa shape index (κ1) is 14.9. The molecule has 1 unspecified atom stereocenters. The van der Waals surface area contributed by atoms with Crippen molar-refractivity contribution in [2.45, 2.75) is 13.0 Å². The van der Waals surface area contributed by atoms with Crippen molar-refractivity contribution < 1.29 is 18.7 Å². The molecule has 0 aromatic heterocycles. The second kappa shape index (κ2) is 6.32. The maximum atomic E-state index is 13.4. The second-order valence-corrected chi connectivity index (χ2v) is 4.50. The van der Waals surface area contributed by atoms with Crippen molar-refractivity contribution in [2.75, 3.05) is 10.6 Å². The molecule has 1 atom stereocenters. The third-order valence-corrected chi connectivity index (χ3v) is 2.83. The largest absolute Gasteiger partial charge is 0.389 e. The first-order valence-corrected chi connectivity index (χ1v) is 6.27. The van der Waals surface area contributed by atoms with E-state index in [4.69, 9.17) is 0 Å². The summed E-state index contributed by atoms with van der Waals surface area (Å²) in [5, 5.41) is 14.2. The smallest absolute Gasteiger partial charge is 0.323 e. The summed E-state index contributed by atoms with van der Waals surface area (Å²) < 4.78 is 26.1. The molecule has 0 fully saturated rings. The number of urea groups is 1. The molecule has 21 heavy (non-hydrogen) atoms. The highest BCUT2D eigenvalue weighted by atomic mass is 19.1. The van der Waals surface area contributed by atoms with Crippen LogP contribution in [0.4, 0.5) is 25.0 Å². The Balaban J connectivity index is 2.01. The highest BCUT2D eigenvalue weighted by molar-refractivity contribution is 5.99. The molecule has 2 amide bonds. The summed E-state index contributed by atoms with van der Waals surface area (Å²) in [5.41, 5.74) is 1.08. The zero-order valence-electron chi connectivity index (χ0n) is 11.2. The SMILES string of the molecule is CC(O)c1ccc(NC(=O)Nc2ccc(F)cc2F)cc1. The van der Waals surface area contributed by atoms with E-state index in [9.17, 15) is 18.7 Å². The molecule has 0 aliphatic heterocycles. The number of nitrogens with one attached hydrogen (secondary N) is 2. The van der Waals surface area contributed by atoms with Crippen LogP contribution in [-0.2, 0) is 0 Å². The van der Waals surface area contributed by atoms with E-state index in [1.807, 2.05) is 0 Å². The van der Waals surface area contributed by atoms with Gasteiger partial charge in [0.05, 0.1) is 11.8 Å². The molecule has 6 heteroatoms. The molecule has 0 heterocycles. The predicted molar refractivity (Wildman–Crippen MR) is 76.1 cm³/mol. The molecule has 0 saturated heterocycles. The first-order valence-electron chi connectivity index (χ1n) is 6.27. The standard InChI is InChI=1S/C15H14F2N2O2/c1-9(20)10-2-5-12(6-3-10)18-15(21)19-14-7-4-11(16)8-13(14)17/h2-9,20H,1H3,(H2,18,19,21). The lowest BCUT2D eigenvalue weighted by Crippen LogP contribution is -2.20. The lowest BCUT2D eigenvalue weighted by Gasteiger charge is -2.10. The van der Waals surface area contributed by atoms with Crippen LogP contribution >= 0.6 is 0 Å². The molecular formula is C15H14F2N2O2. The van der Waals surface area contributed by atoms with Crippen LogP contribution in [0.5, 0.6) is 0 Å². The molecule has 2 aromatic carbocycles. The zero-order valence-corrected chi connectivity index (χ0v) is 11.2. The van der Waals surface area contributed by atoms with Crippen LogP contribution in [0.3, 0.4) is 0 Å². The number of carbonyl (C=O) groups is 1. The molecule has 3 N–H and O–H groups in total. The van der Waals surface area contributed by atoms with E-state index < -0.39 is 23.8 Å². The molecule has 0 spiro atoms. The van der Waals surface area contributed by atoms with Crippen molar-refractivity contribution in [3.63, 3.8) is 0 Å². The van der Waals surface area contributed by atoms with Gasteiger partial charge in [0.25, 0.3) is 0 Å². The quantitative estimate of drug-likeness (QED) is 0.808. The van der Waals surface area contributed by atoms with Gasteiger partial charge in [0, 0.05) is 11.8 Å². The Labute approximate surface area is 120 Å². The third-order valence-electron chi connectivity index (χ3n) is 2.83. The summed E-state index contributed by atoms with van der Waals surface area (Å²) in [6, 6.07) is 8.79. The van der Waals surface area contributed by atoms with Gasteiger partial charge in [-0.05, 0) is 36.8 Å². The molecule has 4 nitrogen and oxygen atoms in total. The topological polar surface area (TPSA) is 61.4 Å². The number of benzene rings is 2. The summed E-state index contributed by atoms with van der Waals surface area (Å²) >= 11 is 0. The van der Waals surface area contributed by atoms with Gasteiger partial charge >= 0.3 is 6.03 Å². The number of hydrogen-bond acceptors (Lipinski definition) is 2. The van der Waals surface area contributed by atoms with E-state index >= 15 is 0 Å². The van der Waals surface area contributed by atoms with Crippen LogP contribution in [0.25, 0.3) is 0 Å². The average Bonchev–Trinajstić information content (AvgIpc) is 2.42. The minimum Gasteiger partial charge on any atom is -0.389 e. The molecule has 0 radical (unpaired) electrons. The Morgan fingerprint density at radius 1 is 1.10 bits per heavy atom. The fourth-order valence-electron chi connectivity index (χ4n) is 1.72. The van der Waals surface area contributed by atoms with E-state index in [1.165, 1.54) is 0 Å². The summed E-state index contributed by atoms with van der Waals surface area (Å²) in [6.45, 7) is 1.63. The predicted octanol–water partition coefficient (Wildman–Crippen LogP) is 3.66. The molecule has 0 aliphatic rings. The lowest BCUT2D eigenvalue weighted by atomic mass is 10.1. The van der Waals surface area contributed by atoms with Gasteiger partial charge in [-0.3, -0.25) is 0 Å². The van der Waals surface area contributed by atoms with Gasteiger partial charge in [0.1, 0.15) is 11.6 Å². The van der Waals surface area contributed by atoms with E-state index in [1.54, 1.807) is 31.2 Å². The van der Waals surface area contributed by atoms with Gasteiger partial charge in [0.15, 0.2) is 0 Å². The van der Waals surface area contributed by atoms with Crippen molar-refractivity contribution in [2.24, 2.45) is 0 Å². The number of aliphatic hydroxyl groups excluding tert-OH is 1. The van der Waals surface area contributed by atoms with Gasteiger partial charge in [0.2, 0.25) is 0 Å². The minimum absolute atomic E-state index is 0.116.